The molecule has 1 aromatic heterocycles. The van der Waals surface area contributed by atoms with E-state index in [1.54, 1.807) is 11.3 Å². The number of nitrogens with zero attached hydrogens (tertiary/aromatic N) is 1. The van der Waals surface area contributed by atoms with E-state index in [4.69, 9.17) is 0 Å². The Kier molecular flexibility index (Phi) is 2.72. The van der Waals surface area contributed by atoms with Crippen LogP contribution in [0.2, 0.25) is 0 Å². The summed E-state index contributed by atoms with van der Waals surface area (Å²) in [6.07, 6.45) is 2.66. The van der Waals surface area contributed by atoms with Crippen molar-refractivity contribution in [1.82, 2.24) is 10.3 Å². The molecule has 1 saturated carbocycles. The predicted molar refractivity (Wildman–Crippen MR) is 67.4 cm³/mol. The molecule has 1 aromatic carbocycles. The van der Waals surface area contributed by atoms with Crippen LogP contribution in [0.3, 0.4) is 0 Å². The average Bonchev–Trinajstić information content (AvgIpc) is 3.05. The molecular weight excluding hydrogens is 216 g/mol. The molecule has 0 aliphatic heterocycles. The largest absolute Gasteiger partial charge is 0.308 e. The van der Waals surface area contributed by atoms with Crippen LogP contribution < -0.4 is 5.32 Å². The molecule has 82 valence electrons. The van der Waals surface area contributed by atoms with E-state index in [-0.39, 0.29) is 0 Å². The molecule has 2 aromatic rings. The third-order valence-corrected chi connectivity index (χ3v) is 3.59. The van der Waals surface area contributed by atoms with Gasteiger partial charge in [-0.25, -0.2) is 4.98 Å². The standard InChI is InChI=1S/C13H14N2S/c1-2-4-10(5-3-1)12-9-16-13(15-12)8-14-11-6-7-11/h1-5,9,11,14H,6-8H2. The van der Waals surface area contributed by atoms with Crippen molar-refractivity contribution in [1.29, 1.82) is 0 Å². The summed E-state index contributed by atoms with van der Waals surface area (Å²) in [4.78, 5) is 4.64. The molecule has 1 fully saturated rings. The second-order valence-electron chi connectivity index (χ2n) is 4.15. The van der Waals surface area contributed by atoms with Gasteiger partial charge in [0, 0.05) is 23.5 Å². The van der Waals surface area contributed by atoms with Gasteiger partial charge in [-0.1, -0.05) is 30.3 Å². The lowest BCUT2D eigenvalue weighted by atomic mass is 10.2. The maximum absolute atomic E-state index is 4.64. The van der Waals surface area contributed by atoms with Crippen LogP contribution in [0.1, 0.15) is 17.8 Å². The second kappa shape index (κ2) is 4.36. The molecule has 1 heterocycles. The van der Waals surface area contributed by atoms with Crippen molar-refractivity contribution in [3.8, 4) is 11.3 Å². The number of hydrogen-bond acceptors (Lipinski definition) is 3. The summed E-state index contributed by atoms with van der Waals surface area (Å²) >= 11 is 1.74. The zero-order chi connectivity index (χ0) is 10.8. The van der Waals surface area contributed by atoms with Gasteiger partial charge in [0.1, 0.15) is 5.01 Å². The first-order valence-corrected chi connectivity index (χ1v) is 6.53. The van der Waals surface area contributed by atoms with Gasteiger partial charge in [0.2, 0.25) is 0 Å². The molecule has 3 rings (SSSR count). The van der Waals surface area contributed by atoms with Gasteiger partial charge < -0.3 is 5.32 Å². The molecule has 3 heteroatoms. The minimum Gasteiger partial charge on any atom is -0.308 e. The van der Waals surface area contributed by atoms with Gasteiger partial charge in [0.25, 0.3) is 0 Å². The zero-order valence-corrected chi connectivity index (χ0v) is 9.83. The second-order valence-corrected chi connectivity index (χ2v) is 5.09. The van der Waals surface area contributed by atoms with E-state index in [1.165, 1.54) is 23.4 Å². The third kappa shape index (κ3) is 2.31. The van der Waals surface area contributed by atoms with Gasteiger partial charge in [-0.3, -0.25) is 0 Å². The Morgan fingerprint density at radius 1 is 1.25 bits per heavy atom. The molecule has 0 bridgehead atoms. The lowest BCUT2D eigenvalue weighted by molar-refractivity contribution is 0.685. The Balaban J connectivity index is 1.71. The number of aromatic nitrogens is 1. The molecule has 0 radical (unpaired) electrons. The highest BCUT2D eigenvalue weighted by Crippen LogP contribution is 2.23. The first-order chi connectivity index (χ1) is 7.92. The van der Waals surface area contributed by atoms with Crippen LogP contribution in [0.15, 0.2) is 35.7 Å². The van der Waals surface area contributed by atoms with E-state index in [0.29, 0.717) is 0 Å². The smallest absolute Gasteiger partial charge is 0.107 e. The molecule has 0 unspecified atom stereocenters. The fourth-order valence-corrected chi connectivity index (χ4v) is 2.41. The number of hydrogen-bond donors (Lipinski definition) is 1. The summed E-state index contributed by atoms with van der Waals surface area (Å²) in [5.41, 5.74) is 2.30. The number of rotatable bonds is 4. The Labute approximate surface area is 99.4 Å². The predicted octanol–water partition coefficient (Wildman–Crippen LogP) is 3.06. The van der Waals surface area contributed by atoms with E-state index in [2.05, 4.69) is 39.9 Å². The van der Waals surface area contributed by atoms with Crippen molar-refractivity contribution in [3.63, 3.8) is 0 Å². The van der Waals surface area contributed by atoms with E-state index >= 15 is 0 Å². The third-order valence-electron chi connectivity index (χ3n) is 2.74. The highest BCUT2D eigenvalue weighted by atomic mass is 32.1. The van der Waals surface area contributed by atoms with E-state index in [0.717, 1.165) is 18.3 Å². The van der Waals surface area contributed by atoms with Gasteiger partial charge in [0.15, 0.2) is 0 Å². The van der Waals surface area contributed by atoms with Crippen LogP contribution in [0.25, 0.3) is 11.3 Å². The van der Waals surface area contributed by atoms with Crippen molar-refractivity contribution >= 4 is 11.3 Å². The lowest BCUT2D eigenvalue weighted by Crippen LogP contribution is -2.14. The molecule has 0 spiro atoms. The van der Waals surface area contributed by atoms with Crippen molar-refractivity contribution in [2.75, 3.05) is 0 Å². The summed E-state index contributed by atoms with van der Waals surface area (Å²) in [6.45, 7) is 0.919. The fraction of sp³-hybridized carbons (Fsp3) is 0.308. The van der Waals surface area contributed by atoms with Gasteiger partial charge in [-0.15, -0.1) is 11.3 Å². The quantitative estimate of drug-likeness (QED) is 0.873. The molecule has 0 saturated heterocycles. The highest BCUT2D eigenvalue weighted by molar-refractivity contribution is 7.09. The molecule has 1 N–H and O–H groups in total. The van der Waals surface area contributed by atoms with Crippen LogP contribution >= 0.6 is 11.3 Å². The molecular formula is C13H14N2S. The van der Waals surface area contributed by atoms with E-state index in [9.17, 15) is 0 Å². The molecule has 16 heavy (non-hydrogen) atoms. The topological polar surface area (TPSA) is 24.9 Å². The molecule has 0 amide bonds. The Bertz CT molecular complexity index is 460. The van der Waals surface area contributed by atoms with Crippen molar-refractivity contribution in [2.24, 2.45) is 0 Å². The van der Waals surface area contributed by atoms with Crippen LogP contribution in [-0.4, -0.2) is 11.0 Å². The Morgan fingerprint density at radius 3 is 2.81 bits per heavy atom. The monoisotopic (exact) mass is 230 g/mol. The summed E-state index contributed by atoms with van der Waals surface area (Å²) in [5, 5.41) is 6.81. The van der Waals surface area contributed by atoms with Crippen molar-refractivity contribution in [2.45, 2.75) is 25.4 Å². The summed E-state index contributed by atoms with van der Waals surface area (Å²) in [5.74, 6) is 0. The molecule has 0 atom stereocenters. The van der Waals surface area contributed by atoms with Gasteiger partial charge >= 0.3 is 0 Å². The zero-order valence-electron chi connectivity index (χ0n) is 9.02. The van der Waals surface area contributed by atoms with Crippen molar-refractivity contribution < 1.29 is 0 Å². The van der Waals surface area contributed by atoms with E-state index in [1.807, 2.05) is 6.07 Å². The minimum atomic E-state index is 0.754. The van der Waals surface area contributed by atoms with E-state index < -0.39 is 0 Å². The average molecular weight is 230 g/mol. The maximum Gasteiger partial charge on any atom is 0.107 e. The lowest BCUT2D eigenvalue weighted by Gasteiger charge is -1.97. The number of thiazole rings is 1. The summed E-state index contributed by atoms with van der Waals surface area (Å²) in [7, 11) is 0. The highest BCUT2D eigenvalue weighted by Gasteiger charge is 2.20. The Morgan fingerprint density at radius 2 is 2.06 bits per heavy atom. The molecule has 1 aliphatic carbocycles. The first-order valence-electron chi connectivity index (χ1n) is 5.65. The van der Waals surface area contributed by atoms with Crippen LogP contribution in [-0.2, 0) is 6.54 Å². The Hall–Kier alpha value is -1.19. The summed E-state index contributed by atoms with van der Waals surface area (Å²) in [6, 6.07) is 11.1. The van der Waals surface area contributed by atoms with Crippen molar-refractivity contribution in [3.05, 3.63) is 40.7 Å². The first kappa shape index (κ1) is 10.00. The molecule has 1 aliphatic rings. The van der Waals surface area contributed by atoms with Gasteiger partial charge in [0.05, 0.1) is 5.69 Å². The number of nitrogens with one attached hydrogen (secondary N) is 1. The molecule has 2 nitrogen and oxygen atoms in total. The SMILES string of the molecule is c1ccc(-c2csc(CNC3CC3)n2)cc1. The fourth-order valence-electron chi connectivity index (χ4n) is 1.65. The minimum absolute atomic E-state index is 0.754. The number of benzene rings is 1. The normalized spacial score (nSPS) is 15.2. The van der Waals surface area contributed by atoms with Gasteiger partial charge in [-0.05, 0) is 12.8 Å². The van der Waals surface area contributed by atoms with Crippen LogP contribution in [0.5, 0.6) is 0 Å². The van der Waals surface area contributed by atoms with Gasteiger partial charge in [-0.2, -0.15) is 0 Å². The maximum atomic E-state index is 4.64. The van der Waals surface area contributed by atoms with Crippen LogP contribution in [0, 0.1) is 0 Å². The van der Waals surface area contributed by atoms with Crippen LogP contribution in [0.4, 0.5) is 0 Å². The summed E-state index contributed by atoms with van der Waals surface area (Å²) < 4.78 is 0.